The van der Waals surface area contributed by atoms with Crippen LogP contribution in [0.25, 0.3) is 0 Å². The van der Waals surface area contributed by atoms with Crippen LogP contribution in [-0.4, -0.2) is 10.7 Å². The predicted molar refractivity (Wildman–Crippen MR) is 63.4 cm³/mol. The molecule has 1 N–H and O–H groups in total. The fraction of sp³-hybridized carbons (Fsp3) is 1.00. The van der Waals surface area contributed by atoms with E-state index in [1.54, 1.807) is 0 Å². The molecule has 0 aromatic rings. The first-order chi connectivity index (χ1) is 6.40. The second-order valence-corrected chi connectivity index (χ2v) is 5.34. The van der Waals surface area contributed by atoms with Crippen molar-refractivity contribution in [1.82, 2.24) is 0 Å². The molecule has 0 fully saturated rings. The molecule has 86 valence electrons. The summed E-state index contributed by atoms with van der Waals surface area (Å²) in [6.45, 7) is 10.8. The van der Waals surface area contributed by atoms with Gasteiger partial charge in [0, 0.05) is 0 Å². The monoisotopic (exact) mass is 200 g/mol. The van der Waals surface area contributed by atoms with Crippen LogP contribution in [0, 0.1) is 11.8 Å². The van der Waals surface area contributed by atoms with Gasteiger partial charge < -0.3 is 5.11 Å². The van der Waals surface area contributed by atoms with Crippen molar-refractivity contribution >= 4 is 0 Å². The Morgan fingerprint density at radius 2 is 1.71 bits per heavy atom. The fourth-order valence-corrected chi connectivity index (χ4v) is 1.94. The Kier molecular flexibility index (Phi) is 6.43. The van der Waals surface area contributed by atoms with Crippen LogP contribution in [0.3, 0.4) is 0 Å². The lowest BCUT2D eigenvalue weighted by molar-refractivity contribution is -0.0114. The Morgan fingerprint density at radius 3 is 2.14 bits per heavy atom. The van der Waals surface area contributed by atoms with Crippen molar-refractivity contribution in [3.63, 3.8) is 0 Å². The molecule has 0 radical (unpaired) electrons. The maximum atomic E-state index is 10.3. The van der Waals surface area contributed by atoms with E-state index in [9.17, 15) is 5.11 Å². The van der Waals surface area contributed by atoms with E-state index in [2.05, 4.69) is 27.7 Å². The average Bonchev–Trinajstić information content (AvgIpc) is 2.03. The molecule has 0 saturated heterocycles. The van der Waals surface area contributed by atoms with Crippen molar-refractivity contribution in [3.8, 4) is 0 Å². The molecule has 0 heterocycles. The molecule has 0 aromatic carbocycles. The predicted octanol–water partition coefficient (Wildman–Crippen LogP) is 4.00. The second-order valence-electron chi connectivity index (χ2n) is 5.34. The quantitative estimate of drug-likeness (QED) is 0.616. The highest BCUT2D eigenvalue weighted by molar-refractivity contribution is 4.79. The lowest BCUT2D eigenvalue weighted by Gasteiger charge is -2.31. The van der Waals surface area contributed by atoms with E-state index in [0.29, 0.717) is 11.8 Å². The van der Waals surface area contributed by atoms with Crippen LogP contribution in [0.15, 0.2) is 0 Å². The van der Waals surface area contributed by atoms with Gasteiger partial charge in [-0.05, 0) is 31.6 Å². The van der Waals surface area contributed by atoms with Crippen LogP contribution in [0.5, 0.6) is 0 Å². The molecule has 0 aromatic heterocycles. The SMILES string of the molecule is CCCCCC(C)(O)C(C)CC(C)C. The summed E-state index contributed by atoms with van der Waals surface area (Å²) in [6, 6.07) is 0. The molecule has 0 bridgehead atoms. The molecule has 0 saturated carbocycles. The van der Waals surface area contributed by atoms with Gasteiger partial charge >= 0.3 is 0 Å². The summed E-state index contributed by atoms with van der Waals surface area (Å²) in [4.78, 5) is 0. The summed E-state index contributed by atoms with van der Waals surface area (Å²) in [6.07, 6.45) is 5.71. The van der Waals surface area contributed by atoms with Crippen LogP contribution in [0.1, 0.15) is 66.7 Å². The largest absolute Gasteiger partial charge is 0.390 e. The van der Waals surface area contributed by atoms with Crippen LogP contribution in [0.4, 0.5) is 0 Å². The minimum absolute atomic E-state index is 0.416. The average molecular weight is 200 g/mol. The first kappa shape index (κ1) is 14.0. The first-order valence-electron chi connectivity index (χ1n) is 6.12. The van der Waals surface area contributed by atoms with Gasteiger partial charge in [0.25, 0.3) is 0 Å². The van der Waals surface area contributed by atoms with Crippen LogP contribution in [0.2, 0.25) is 0 Å². The van der Waals surface area contributed by atoms with E-state index >= 15 is 0 Å². The molecule has 2 atom stereocenters. The summed E-state index contributed by atoms with van der Waals surface area (Å²) in [5, 5.41) is 10.3. The summed E-state index contributed by atoms with van der Waals surface area (Å²) in [7, 11) is 0. The van der Waals surface area contributed by atoms with Gasteiger partial charge in [0.2, 0.25) is 0 Å². The summed E-state index contributed by atoms with van der Waals surface area (Å²) < 4.78 is 0. The molecular weight excluding hydrogens is 172 g/mol. The standard InChI is InChI=1S/C13H28O/c1-6-7-8-9-13(5,14)12(4)10-11(2)3/h11-12,14H,6-10H2,1-5H3. The normalized spacial score (nSPS) is 18.2. The van der Waals surface area contributed by atoms with E-state index in [0.717, 1.165) is 19.3 Å². The third-order valence-corrected chi connectivity index (χ3v) is 3.17. The number of hydrogen-bond donors (Lipinski definition) is 1. The number of hydrogen-bond acceptors (Lipinski definition) is 1. The van der Waals surface area contributed by atoms with Crippen molar-refractivity contribution in [2.75, 3.05) is 0 Å². The Bertz CT molecular complexity index is 138. The maximum absolute atomic E-state index is 10.3. The Balaban J connectivity index is 3.89. The van der Waals surface area contributed by atoms with Crippen LogP contribution >= 0.6 is 0 Å². The van der Waals surface area contributed by atoms with Gasteiger partial charge in [-0.15, -0.1) is 0 Å². The molecule has 1 heteroatoms. The fourth-order valence-electron chi connectivity index (χ4n) is 1.94. The van der Waals surface area contributed by atoms with E-state index in [1.165, 1.54) is 12.8 Å². The molecule has 0 aliphatic heterocycles. The zero-order valence-corrected chi connectivity index (χ0v) is 10.6. The van der Waals surface area contributed by atoms with Gasteiger partial charge in [-0.2, -0.15) is 0 Å². The molecule has 0 spiro atoms. The van der Waals surface area contributed by atoms with Gasteiger partial charge in [0.1, 0.15) is 0 Å². The lowest BCUT2D eigenvalue weighted by atomic mass is 9.81. The van der Waals surface area contributed by atoms with Crippen LogP contribution < -0.4 is 0 Å². The van der Waals surface area contributed by atoms with Gasteiger partial charge in [0.15, 0.2) is 0 Å². The Labute approximate surface area is 89.9 Å². The van der Waals surface area contributed by atoms with E-state index in [4.69, 9.17) is 0 Å². The minimum atomic E-state index is -0.459. The number of unbranched alkanes of at least 4 members (excludes halogenated alkanes) is 2. The van der Waals surface area contributed by atoms with Crippen molar-refractivity contribution in [2.24, 2.45) is 11.8 Å². The topological polar surface area (TPSA) is 20.2 Å². The Hall–Kier alpha value is -0.0400. The van der Waals surface area contributed by atoms with Crippen molar-refractivity contribution in [2.45, 2.75) is 72.3 Å². The summed E-state index contributed by atoms with van der Waals surface area (Å²) >= 11 is 0. The van der Waals surface area contributed by atoms with Gasteiger partial charge in [-0.1, -0.05) is 47.0 Å². The summed E-state index contributed by atoms with van der Waals surface area (Å²) in [5.41, 5.74) is -0.459. The molecule has 0 rings (SSSR count). The highest BCUT2D eigenvalue weighted by atomic mass is 16.3. The highest BCUT2D eigenvalue weighted by Gasteiger charge is 2.27. The number of aliphatic hydroxyl groups is 1. The molecule has 0 aliphatic rings. The zero-order chi connectivity index (χ0) is 11.2. The first-order valence-corrected chi connectivity index (χ1v) is 6.12. The van der Waals surface area contributed by atoms with Crippen molar-refractivity contribution < 1.29 is 5.11 Å². The van der Waals surface area contributed by atoms with Crippen LogP contribution in [-0.2, 0) is 0 Å². The molecule has 2 unspecified atom stereocenters. The zero-order valence-electron chi connectivity index (χ0n) is 10.6. The highest BCUT2D eigenvalue weighted by Crippen LogP contribution is 2.28. The van der Waals surface area contributed by atoms with E-state index < -0.39 is 5.60 Å². The minimum Gasteiger partial charge on any atom is -0.390 e. The van der Waals surface area contributed by atoms with E-state index in [-0.39, 0.29) is 0 Å². The second kappa shape index (κ2) is 6.44. The smallest absolute Gasteiger partial charge is 0.0645 e. The third-order valence-electron chi connectivity index (χ3n) is 3.17. The van der Waals surface area contributed by atoms with Gasteiger partial charge in [0.05, 0.1) is 5.60 Å². The molecule has 0 aliphatic carbocycles. The maximum Gasteiger partial charge on any atom is 0.0645 e. The molecular formula is C13H28O. The van der Waals surface area contributed by atoms with Gasteiger partial charge in [-0.25, -0.2) is 0 Å². The number of rotatable bonds is 7. The lowest BCUT2D eigenvalue weighted by Crippen LogP contribution is -2.33. The van der Waals surface area contributed by atoms with Crippen molar-refractivity contribution in [1.29, 1.82) is 0 Å². The third kappa shape index (κ3) is 5.64. The molecule has 1 nitrogen and oxygen atoms in total. The van der Waals surface area contributed by atoms with E-state index in [1.807, 2.05) is 6.92 Å². The summed E-state index contributed by atoms with van der Waals surface area (Å²) in [5.74, 6) is 1.10. The molecule has 14 heavy (non-hydrogen) atoms. The molecule has 0 amide bonds. The van der Waals surface area contributed by atoms with Crippen molar-refractivity contribution in [3.05, 3.63) is 0 Å². The van der Waals surface area contributed by atoms with Gasteiger partial charge in [-0.3, -0.25) is 0 Å². The Morgan fingerprint density at radius 1 is 1.14 bits per heavy atom.